The first-order valence-electron chi connectivity index (χ1n) is 12.6. The van der Waals surface area contributed by atoms with Crippen molar-refractivity contribution in [2.24, 2.45) is 13.0 Å². The summed E-state index contributed by atoms with van der Waals surface area (Å²) in [6, 6.07) is 14.4. The van der Waals surface area contributed by atoms with Crippen LogP contribution in [-0.2, 0) is 47.1 Å². The first kappa shape index (κ1) is 25.8. The van der Waals surface area contributed by atoms with Crippen LogP contribution in [0.3, 0.4) is 0 Å². The van der Waals surface area contributed by atoms with Gasteiger partial charge in [-0.2, -0.15) is 10.4 Å². The molecule has 0 bridgehead atoms. The van der Waals surface area contributed by atoms with Crippen molar-refractivity contribution in [3.05, 3.63) is 74.2 Å². The van der Waals surface area contributed by atoms with Gasteiger partial charge in [0.25, 0.3) is 0 Å². The van der Waals surface area contributed by atoms with Crippen LogP contribution in [0.1, 0.15) is 69.9 Å². The Morgan fingerprint density at radius 2 is 2.08 bits per heavy atom. The van der Waals surface area contributed by atoms with Crippen molar-refractivity contribution in [3.8, 4) is 6.07 Å². The summed E-state index contributed by atoms with van der Waals surface area (Å²) in [5, 5.41) is 14.1. The highest BCUT2D eigenvalue weighted by atomic mass is 32.1. The second-order valence-corrected chi connectivity index (χ2v) is 11.0. The van der Waals surface area contributed by atoms with E-state index in [0.29, 0.717) is 37.9 Å². The standard InChI is InChI=1S/C29H33N3O3S/c1-19(22-7-5-4-6-8-22)13-24(33)16-28-26(17-30)25-11-9-21(15-27(25)36-28)18-35-29(34)12-10-23-14-20(2)31-32(23)3/h4-8,14,19,21H,9-13,15-16,18H2,1-3H3. The summed E-state index contributed by atoms with van der Waals surface area (Å²) in [6.45, 7) is 4.40. The number of esters is 1. The smallest absolute Gasteiger partial charge is 0.306 e. The molecule has 6 nitrogen and oxygen atoms in total. The zero-order valence-corrected chi connectivity index (χ0v) is 22.1. The lowest BCUT2D eigenvalue weighted by Gasteiger charge is -2.22. The fourth-order valence-corrected chi connectivity index (χ4v) is 6.46. The SMILES string of the molecule is Cc1cc(CCC(=O)OCC2CCc3c(sc(CC(=O)CC(C)c4ccccc4)c3C#N)C2)n(C)n1. The van der Waals surface area contributed by atoms with E-state index in [9.17, 15) is 14.9 Å². The molecular weight excluding hydrogens is 470 g/mol. The number of ketones is 1. The van der Waals surface area contributed by atoms with Crippen molar-refractivity contribution < 1.29 is 14.3 Å². The van der Waals surface area contributed by atoms with Crippen LogP contribution in [0.15, 0.2) is 36.4 Å². The molecule has 2 aromatic heterocycles. The molecule has 0 spiro atoms. The Morgan fingerprint density at radius 1 is 1.31 bits per heavy atom. The Hall–Kier alpha value is -3.24. The number of carbonyl (C=O) groups excluding carboxylic acids is 2. The number of fused-ring (bicyclic) bond motifs is 1. The molecule has 36 heavy (non-hydrogen) atoms. The van der Waals surface area contributed by atoms with Crippen molar-refractivity contribution in [1.82, 2.24) is 9.78 Å². The maximum absolute atomic E-state index is 12.8. The number of thiophene rings is 1. The molecule has 2 heterocycles. The number of Topliss-reactive ketones (excluding diaryl/α,β-unsaturated/α-hetero) is 1. The molecule has 7 heteroatoms. The summed E-state index contributed by atoms with van der Waals surface area (Å²) in [6.07, 6.45) is 4.19. The van der Waals surface area contributed by atoms with Crippen LogP contribution in [0.4, 0.5) is 0 Å². The maximum atomic E-state index is 12.8. The number of nitrogens with zero attached hydrogens (tertiary/aromatic N) is 3. The first-order chi connectivity index (χ1) is 17.3. The number of aromatic nitrogens is 2. The molecule has 4 rings (SSSR count). The van der Waals surface area contributed by atoms with Gasteiger partial charge in [-0.1, -0.05) is 37.3 Å². The zero-order chi connectivity index (χ0) is 25.7. The minimum absolute atomic E-state index is 0.153. The van der Waals surface area contributed by atoms with E-state index in [0.717, 1.165) is 46.7 Å². The van der Waals surface area contributed by atoms with Crippen molar-refractivity contribution in [1.29, 1.82) is 5.26 Å². The van der Waals surface area contributed by atoms with E-state index in [1.807, 2.05) is 38.2 Å². The molecular formula is C29H33N3O3S. The normalized spacial score (nSPS) is 15.7. The van der Waals surface area contributed by atoms with E-state index in [-0.39, 0.29) is 23.6 Å². The predicted molar refractivity (Wildman–Crippen MR) is 140 cm³/mol. The first-order valence-corrected chi connectivity index (χ1v) is 13.4. The molecule has 0 saturated heterocycles. The Balaban J connectivity index is 1.30. The number of nitriles is 1. The van der Waals surface area contributed by atoms with Crippen molar-refractivity contribution in [3.63, 3.8) is 0 Å². The molecule has 0 amide bonds. The van der Waals surface area contributed by atoms with Gasteiger partial charge in [0.15, 0.2) is 0 Å². The second-order valence-electron chi connectivity index (χ2n) is 9.84. The summed E-state index contributed by atoms with van der Waals surface area (Å²) in [5.41, 5.74) is 4.91. The number of rotatable bonds is 10. The highest BCUT2D eigenvalue weighted by Crippen LogP contribution is 2.37. The largest absolute Gasteiger partial charge is 0.465 e. The third-order valence-electron chi connectivity index (χ3n) is 6.98. The second kappa shape index (κ2) is 11.7. The van der Waals surface area contributed by atoms with Crippen LogP contribution in [0, 0.1) is 24.2 Å². The molecule has 0 aliphatic heterocycles. The van der Waals surface area contributed by atoms with Crippen LogP contribution in [0.25, 0.3) is 0 Å². The van der Waals surface area contributed by atoms with Gasteiger partial charge in [0.05, 0.1) is 24.3 Å². The zero-order valence-electron chi connectivity index (χ0n) is 21.3. The third kappa shape index (κ3) is 6.30. The van der Waals surface area contributed by atoms with Gasteiger partial charge >= 0.3 is 5.97 Å². The van der Waals surface area contributed by atoms with Crippen molar-refractivity contribution in [2.75, 3.05) is 6.61 Å². The van der Waals surface area contributed by atoms with E-state index in [1.165, 1.54) is 4.88 Å². The fourth-order valence-electron chi connectivity index (χ4n) is 5.01. The Labute approximate surface area is 216 Å². The number of hydrogen-bond donors (Lipinski definition) is 0. The van der Waals surface area contributed by atoms with E-state index in [1.54, 1.807) is 16.0 Å². The monoisotopic (exact) mass is 503 g/mol. The summed E-state index contributed by atoms with van der Waals surface area (Å²) in [4.78, 5) is 27.2. The summed E-state index contributed by atoms with van der Waals surface area (Å²) >= 11 is 1.59. The number of aryl methyl sites for hydroxylation is 3. The number of benzene rings is 1. The molecule has 0 radical (unpaired) electrons. The lowest BCUT2D eigenvalue weighted by molar-refractivity contribution is -0.145. The summed E-state index contributed by atoms with van der Waals surface area (Å²) < 4.78 is 7.40. The van der Waals surface area contributed by atoms with E-state index < -0.39 is 0 Å². The van der Waals surface area contributed by atoms with Gasteiger partial charge < -0.3 is 4.74 Å². The van der Waals surface area contributed by atoms with Gasteiger partial charge in [0.1, 0.15) is 11.9 Å². The van der Waals surface area contributed by atoms with Gasteiger partial charge in [0, 0.05) is 35.3 Å². The lowest BCUT2D eigenvalue weighted by atomic mass is 9.87. The minimum atomic E-state index is -0.192. The molecule has 2 atom stereocenters. The number of hydrogen-bond acceptors (Lipinski definition) is 6. The molecule has 3 aromatic rings. The fraction of sp³-hybridized carbons (Fsp3) is 0.448. The molecule has 188 valence electrons. The molecule has 0 fully saturated rings. The predicted octanol–water partition coefficient (Wildman–Crippen LogP) is 5.25. The molecule has 0 saturated carbocycles. The van der Waals surface area contributed by atoms with Crippen LogP contribution in [0.5, 0.6) is 0 Å². The van der Waals surface area contributed by atoms with Crippen molar-refractivity contribution >= 4 is 23.1 Å². The highest BCUT2D eigenvalue weighted by molar-refractivity contribution is 7.12. The van der Waals surface area contributed by atoms with Crippen LogP contribution < -0.4 is 0 Å². The average molecular weight is 504 g/mol. The van der Waals surface area contributed by atoms with Crippen LogP contribution in [0.2, 0.25) is 0 Å². The van der Waals surface area contributed by atoms with Crippen molar-refractivity contribution in [2.45, 2.75) is 64.7 Å². The molecule has 1 aromatic carbocycles. The van der Waals surface area contributed by atoms with Crippen LogP contribution >= 0.6 is 11.3 Å². The molecule has 2 unspecified atom stereocenters. The van der Waals surface area contributed by atoms with Gasteiger partial charge in [-0.3, -0.25) is 14.3 Å². The summed E-state index contributed by atoms with van der Waals surface area (Å²) in [7, 11) is 1.88. The number of ether oxygens (including phenoxy) is 1. The average Bonchev–Trinajstić information content (AvgIpc) is 3.38. The third-order valence-corrected chi connectivity index (χ3v) is 8.23. The van der Waals surface area contributed by atoms with E-state index in [2.05, 4.69) is 30.2 Å². The minimum Gasteiger partial charge on any atom is -0.465 e. The summed E-state index contributed by atoms with van der Waals surface area (Å²) in [5.74, 6) is 0.366. The molecule has 1 aliphatic rings. The van der Waals surface area contributed by atoms with Gasteiger partial charge in [-0.25, -0.2) is 0 Å². The lowest BCUT2D eigenvalue weighted by Crippen LogP contribution is -2.20. The van der Waals surface area contributed by atoms with E-state index >= 15 is 0 Å². The Kier molecular flexibility index (Phi) is 8.37. The Bertz CT molecular complexity index is 1270. The van der Waals surface area contributed by atoms with Gasteiger partial charge in [-0.05, 0) is 61.6 Å². The number of carbonyl (C=O) groups is 2. The maximum Gasteiger partial charge on any atom is 0.306 e. The molecule has 0 N–H and O–H groups in total. The van der Waals surface area contributed by atoms with Gasteiger partial charge in [0.2, 0.25) is 0 Å². The highest BCUT2D eigenvalue weighted by Gasteiger charge is 2.27. The van der Waals surface area contributed by atoms with Gasteiger partial charge in [-0.15, -0.1) is 11.3 Å². The quantitative estimate of drug-likeness (QED) is 0.353. The molecule has 1 aliphatic carbocycles. The van der Waals surface area contributed by atoms with Crippen LogP contribution in [-0.4, -0.2) is 28.1 Å². The van der Waals surface area contributed by atoms with E-state index in [4.69, 9.17) is 4.74 Å². The Morgan fingerprint density at radius 3 is 2.78 bits per heavy atom. The topological polar surface area (TPSA) is 85.0 Å².